The van der Waals surface area contributed by atoms with E-state index >= 15 is 0 Å². The molecule has 0 amide bonds. The van der Waals surface area contributed by atoms with E-state index in [-0.39, 0.29) is 16.2 Å². The first-order valence-corrected chi connectivity index (χ1v) is 23.3. The van der Waals surface area contributed by atoms with Gasteiger partial charge >= 0.3 is 0 Å². The summed E-state index contributed by atoms with van der Waals surface area (Å²) in [5.74, 6) is 1.31. The molecule has 0 bridgehead atoms. The predicted molar refractivity (Wildman–Crippen MR) is 279 cm³/mol. The molecule has 0 N–H and O–H groups in total. The van der Waals surface area contributed by atoms with Gasteiger partial charge in [0.1, 0.15) is 11.3 Å². The lowest BCUT2D eigenvalue weighted by Crippen LogP contribution is -2.16. The maximum Gasteiger partial charge on any atom is 0.177 e. The zero-order valence-corrected chi connectivity index (χ0v) is 40.5. The number of halogens is 1. The number of furan rings is 1. The number of hydrogen-bond acceptors (Lipinski definition) is 4. The van der Waals surface area contributed by atoms with Crippen molar-refractivity contribution >= 4 is 72.0 Å². The smallest absolute Gasteiger partial charge is 0.177 e. The van der Waals surface area contributed by atoms with Crippen LogP contribution in [0.4, 0.5) is 34.1 Å². The van der Waals surface area contributed by atoms with Crippen molar-refractivity contribution in [2.45, 2.75) is 78.6 Å². The van der Waals surface area contributed by atoms with Crippen LogP contribution in [0.15, 0.2) is 191 Å². The van der Waals surface area contributed by atoms with E-state index in [1.165, 1.54) is 16.7 Å². The van der Waals surface area contributed by atoms with E-state index in [0.29, 0.717) is 17.1 Å². The van der Waals surface area contributed by atoms with E-state index in [9.17, 15) is 0 Å². The molecule has 0 atom stereocenters. The molecule has 0 saturated carbocycles. The average Bonchev–Trinajstić information content (AvgIpc) is 3.67. The maximum absolute atomic E-state index is 6.94. The Hall–Kier alpha value is -6.56. The molecule has 0 aliphatic rings. The van der Waals surface area contributed by atoms with E-state index in [4.69, 9.17) is 9.15 Å². The zero-order valence-electron chi connectivity index (χ0n) is 38.9. The van der Waals surface area contributed by atoms with E-state index < -0.39 is 0 Å². The minimum atomic E-state index is -0.0471. The van der Waals surface area contributed by atoms with Crippen molar-refractivity contribution in [3.05, 3.63) is 203 Å². The molecule has 0 saturated heterocycles. The van der Waals surface area contributed by atoms with Crippen LogP contribution in [-0.4, -0.2) is 0 Å². The maximum atomic E-state index is 6.94. The van der Waals surface area contributed by atoms with Gasteiger partial charge < -0.3 is 19.0 Å². The highest BCUT2D eigenvalue weighted by Gasteiger charge is 2.26. The molecule has 65 heavy (non-hydrogen) atoms. The summed E-state index contributed by atoms with van der Waals surface area (Å²) in [6.45, 7) is 20.4. The molecule has 326 valence electrons. The van der Waals surface area contributed by atoms with Gasteiger partial charge in [0.2, 0.25) is 0 Å². The Morgan fingerprint density at radius 1 is 0.415 bits per heavy atom. The molecule has 9 rings (SSSR count). The monoisotopic (exact) mass is 916 g/mol. The molecule has 9 aromatic rings. The minimum Gasteiger partial charge on any atom is -0.452 e. The molecule has 8 aromatic carbocycles. The molecule has 5 heteroatoms. The number of ether oxygens (including phenoxy) is 1. The predicted octanol–water partition coefficient (Wildman–Crippen LogP) is 18.6. The molecule has 0 spiro atoms. The second-order valence-corrected chi connectivity index (χ2v) is 20.8. The fraction of sp³-hybridized carbons (Fsp3) is 0.200. The summed E-state index contributed by atoms with van der Waals surface area (Å²) in [6, 6.07) is 64.7. The molecule has 0 fully saturated rings. The van der Waals surface area contributed by atoms with Crippen molar-refractivity contribution in [2.75, 3.05) is 9.80 Å². The van der Waals surface area contributed by atoms with Crippen LogP contribution in [0.5, 0.6) is 11.5 Å². The van der Waals surface area contributed by atoms with Gasteiger partial charge in [-0.15, -0.1) is 0 Å². The summed E-state index contributed by atoms with van der Waals surface area (Å²) in [6.07, 6.45) is 0. The van der Waals surface area contributed by atoms with Crippen molar-refractivity contribution in [3.63, 3.8) is 0 Å². The topological polar surface area (TPSA) is 28.9 Å². The summed E-state index contributed by atoms with van der Waals surface area (Å²) in [7, 11) is 0. The van der Waals surface area contributed by atoms with Crippen LogP contribution >= 0.6 is 15.9 Å². The largest absolute Gasteiger partial charge is 0.452 e. The molecular formula is C60H57BrN2O2. The Kier molecular flexibility index (Phi) is 11.5. The molecule has 0 aliphatic carbocycles. The van der Waals surface area contributed by atoms with E-state index in [1.54, 1.807) is 0 Å². The number of nitrogens with zero attached hydrogens (tertiary/aromatic N) is 2. The van der Waals surface area contributed by atoms with Crippen LogP contribution in [0.1, 0.15) is 79.0 Å². The van der Waals surface area contributed by atoms with E-state index in [1.807, 2.05) is 30.3 Å². The van der Waals surface area contributed by atoms with Gasteiger partial charge in [-0.1, -0.05) is 159 Å². The van der Waals surface area contributed by atoms with Crippen molar-refractivity contribution in [1.82, 2.24) is 0 Å². The Bertz CT molecular complexity index is 3070. The molecule has 4 nitrogen and oxygen atoms in total. The van der Waals surface area contributed by atoms with Gasteiger partial charge in [-0.25, -0.2) is 0 Å². The van der Waals surface area contributed by atoms with Crippen molar-refractivity contribution in [1.29, 1.82) is 0 Å². The number of benzene rings is 8. The first-order valence-electron chi connectivity index (χ1n) is 22.5. The van der Waals surface area contributed by atoms with Crippen molar-refractivity contribution in [2.24, 2.45) is 0 Å². The molecule has 0 unspecified atom stereocenters. The molecule has 0 radical (unpaired) electrons. The summed E-state index contributed by atoms with van der Waals surface area (Å²) in [5.41, 5.74) is 13.8. The van der Waals surface area contributed by atoms with Gasteiger partial charge in [-0.3, -0.25) is 0 Å². The summed E-state index contributed by atoms with van der Waals surface area (Å²) in [4.78, 5) is 4.61. The van der Waals surface area contributed by atoms with Crippen LogP contribution < -0.4 is 14.5 Å². The molecule has 1 heterocycles. The third-order valence-electron chi connectivity index (χ3n) is 12.3. The Morgan fingerprint density at radius 3 is 1.54 bits per heavy atom. The lowest BCUT2D eigenvalue weighted by molar-refractivity contribution is 0.474. The number of para-hydroxylation sites is 3. The van der Waals surface area contributed by atoms with Gasteiger partial charge in [0, 0.05) is 45.2 Å². The van der Waals surface area contributed by atoms with Gasteiger partial charge in [0.25, 0.3) is 0 Å². The van der Waals surface area contributed by atoms with Gasteiger partial charge in [-0.05, 0) is 133 Å². The third kappa shape index (κ3) is 8.83. The summed E-state index contributed by atoms with van der Waals surface area (Å²) >= 11 is 4.10. The van der Waals surface area contributed by atoms with Crippen molar-refractivity contribution in [3.8, 4) is 22.6 Å². The van der Waals surface area contributed by atoms with E-state index in [0.717, 1.165) is 66.1 Å². The molecular weight excluding hydrogens is 861 g/mol. The highest BCUT2D eigenvalue weighted by atomic mass is 79.9. The van der Waals surface area contributed by atoms with Crippen LogP contribution in [0.3, 0.4) is 0 Å². The quantitative estimate of drug-likeness (QED) is 0.144. The fourth-order valence-corrected chi connectivity index (χ4v) is 9.07. The normalized spacial score (nSPS) is 12.2. The fourth-order valence-electron chi connectivity index (χ4n) is 8.55. The lowest BCUT2D eigenvalue weighted by Gasteiger charge is -2.31. The van der Waals surface area contributed by atoms with Crippen LogP contribution in [0.2, 0.25) is 0 Å². The van der Waals surface area contributed by atoms with Gasteiger partial charge in [0.05, 0.1) is 15.8 Å². The number of rotatable bonds is 9. The number of hydrogen-bond donors (Lipinski definition) is 0. The van der Waals surface area contributed by atoms with Crippen molar-refractivity contribution < 1.29 is 9.15 Å². The van der Waals surface area contributed by atoms with Crippen LogP contribution in [0.25, 0.3) is 33.1 Å². The van der Waals surface area contributed by atoms with Crippen LogP contribution in [0, 0.1) is 0 Å². The first kappa shape index (κ1) is 43.7. The number of fused-ring (bicyclic) bond motifs is 3. The highest BCUT2D eigenvalue weighted by molar-refractivity contribution is 9.10. The Labute approximate surface area is 393 Å². The van der Waals surface area contributed by atoms with Gasteiger partial charge in [0.15, 0.2) is 11.3 Å². The zero-order chi connectivity index (χ0) is 45.7. The second-order valence-electron chi connectivity index (χ2n) is 20.1. The minimum absolute atomic E-state index is 0.00836. The molecule has 0 aliphatic heterocycles. The highest BCUT2D eigenvalue weighted by Crippen LogP contribution is 2.49. The average molecular weight is 918 g/mol. The second kappa shape index (κ2) is 17.1. The summed E-state index contributed by atoms with van der Waals surface area (Å²) < 4.78 is 14.5. The van der Waals surface area contributed by atoms with Gasteiger partial charge in [-0.2, -0.15) is 0 Å². The third-order valence-corrected chi connectivity index (χ3v) is 13.1. The number of anilines is 6. The standard InChI is InChI=1S/C60H57BrN2O2/c1-58(2,3)41-28-26-40(27-29-41)50-38-43(60(7,8)9)32-37-51(50)63(46-33-30-42(31-34-46)59(4,5)6)52-23-17-24-53(56(52)61)64-54-25-16-22-49-48-36-35-47(39-55(48)65-57(49)54)62(44-18-12-10-13-19-44)45-20-14-11-15-21-45/h10-39H,1-9H3. The lowest BCUT2D eigenvalue weighted by atomic mass is 9.83. The first-order chi connectivity index (χ1) is 31.0. The Balaban J connectivity index is 1.16. The molecule has 1 aromatic heterocycles. The van der Waals surface area contributed by atoms with Crippen LogP contribution in [-0.2, 0) is 16.2 Å². The SMILES string of the molecule is CC(C)(C)c1ccc(-c2cc(C(C)(C)C)ccc2N(c2ccc(C(C)(C)C)cc2)c2cccc(Oc3cccc4c3oc3cc(N(c5ccccc5)c5ccccc5)ccc34)c2Br)cc1. The van der Waals surface area contributed by atoms with E-state index in [2.05, 4.69) is 240 Å². The summed E-state index contributed by atoms with van der Waals surface area (Å²) in [5, 5.41) is 2.01. The Morgan fingerprint density at radius 2 is 0.938 bits per heavy atom.